The molecule has 0 saturated heterocycles. The summed E-state index contributed by atoms with van der Waals surface area (Å²) in [5.41, 5.74) is 3.40. The molecule has 1 unspecified atom stereocenters. The van der Waals surface area contributed by atoms with E-state index in [2.05, 4.69) is 12.1 Å². The molecule has 90 valence electrons. The SMILES string of the molecule is CC(C=O)c1ccc2c(c1)Cc1ccccc1O2. The highest BCUT2D eigenvalue weighted by atomic mass is 16.5. The van der Waals surface area contributed by atoms with Crippen molar-refractivity contribution in [3.05, 3.63) is 59.2 Å². The Labute approximate surface area is 106 Å². The molecule has 3 rings (SSSR count). The van der Waals surface area contributed by atoms with Gasteiger partial charge in [-0.25, -0.2) is 0 Å². The lowest BCUT2D eigenvalue weighted by Crippen LogP contribution is -2.04. The maximum Gasteiger partial charge on any atom is 0.130 e. The Hall–Kier alpha value is -2.09. The van der Waals surface area contributed by atoms with Gasteiger partial charge in [-0.15, -0.1) is 0 Å². The van der Waals surface area contributed by atoms with Crippen LogP contribution in [0, 0.1) is 0 Å². The zero-order valence-electron chi connectivity index (χ0n) is 10.2. The van der Waals surface area contributed by atoms with Crippen LogP contribution in [0.2, 0.25) is 0 Å². The summed E-state index contributed by atoms with van der Waals surface area (Å²) in [6.45, 7) is 1.91. The van der Waals surface area contributed by atoms with Gasteiger partial charge in [0.1, 0.15) is 17.8 Å². The molecule has 0 spiro atoms. The second-order valence-corrected chi connectivity index (χ2v) is 4.68. The third-order valence-corrected chi connectivity index (χ3v) is 3.39. The molecule has 1 aliphatic heterocycles. The molecule has 0 amide bonds. The Morgan fingerprint density at radius 2 is 1.89 bits per heavy atom. The lowest BCUT2D eigenvalue weighted by atomic mass is 9.95. The first-order valence-corrected chi connectivity index (χ1v) is 6.12. The van der Waals surface area contributed by atoms with E-state index in [1.807, 2.05) is 37.3 Å². The molecule has 0 fully saturated rings. The van der Waals surface area contributed by atoms with E-state index in [-0.39, 0.29) is 5.92 Å². The molecule has 18 heavy (non-hydrogen) atoms. The highest BCUT2D eigenvalue weighted by Gasteiger charge is 2.17. The highest BCUT2D eigenvalue weighted by molar-refractivity contribution is 5.62. The zero-order valence-corrected chi connectivity index (χ0v) is 10.2. The number of carbonyl (C=O) groups excluding carboxylic acids is 1. The van der Waals surface area contributed by atoms with Crippen molar-refractivity contribution < 1.29 is 9.53 Å². The van der Waals surface area contributed by atoms with Gasteiger partial charge in [-0.1, -0.05) is 37.3 Å². The Kier molecular flexibility index (Phi) is 2.63. The average Bonchev–Trinajstić information content (AvgIpc) is 2.43. The molecule has 1 heterocycles. The van der Waals surface area contributed by atoms with Crippen LogP contribution in [0.4, 0.5) is 0 Å². The van der Waals surface area contributed by atoms with E-state index >= 15 is 0 Å². The minimum atomic E-state index is -0.0625. The van der Waals surface area contributed by atoms with Crippen molar-refractivity contribution in [2.75, 3.05) is 0 Å². The average molecular weight is 238 g/mol. The fraction of sp³-hybridized carbons (Fsp3) is 0.188. The molecule has 0 aliphatic carbocycles. The van der Waals surface area contributed by atoms with Crippen molar-refractivity contribution in [2.24, 2.45) is 0 Å². The quantitative estimate of drug-likeness (QED) is 0.636. The third-order valence-electron chi connectivity index (χ3n) is 3.39. The van der Waals surface area contributed by atoms with Crippen LogP contribution in [-0.4, -0.2) is 6.29 Å². The van der Waals surface area contributed by atoms with Crippen LogP contribution < -0.4 is 4.74 Å². The molecule has 1 aliphatic rings. The van der Waals surface area contributed by atoms with Crippen LogP contribution in [0.15, 0.2) is 42.5 Å². The fourth-order valence-corrected chi connectivity index (χ4v) is 2.27. The summed E-state index contributed by atoms with van der Waals surface area (Å²) < 4.78 is 5.86. The number of hydrogen-bond acceptors (Lipinski definition) is 2. The van der Waals surface area contributed by atoms with Crippen molar-refractivity contribution in [1.82, 2.24) is 0 Å². The fourth-order valence-electron chi connectivity index (χ4n) is 2.27. The molecule has 2 aromatic carbocycles. The van der Waals surface area contributed by atoms with E-state index < -0.39 is 0 Å². The lowest BCUT2D eigenvalue weighted by Gasteiger charge is -2.21. The molecule has 0 radical (unpaired) electrons. The number of ether oxygens (including phenoxy) is 1. The maximum absolute atomic E-state index is 10.8. The van der Waals surface area contributed by atoms with Crippen LogP contribution in [0.25, 0.3) is 0 Å². The molecule has 2 aromatic rings. The van der Waals surface area contributed by atoms with Gasteiger partial charge >= 0.3 is 0 Å². The second-order valence-electron chi connectivity index (χ2n) is 4.68. The van der Waals surface area contributed by atoms with Crippen LogP contribution in [0.1, 0.15) is 29.5 Å². The summed E-state index contributed by atoms with van der Waals surface area (Å²) in [4.78, 5) is 10.8. The molecule has 0 aromatic heterocycles. The minimum Gasteiger partial charge on any atom is -0.457 e. The topological polar surface area (TPSA) is 26.3 Å². The summed E-state index contributed by atoms with van der Waals surface area (Å²) in [5.74, 6) is 1.77. The summed E-state index contributed by atoms with van der Waals surface area (Å²) in [6, 6.07) is 14.1. The second kappa shape index (κ2) is 4.30. The largest absolute Gasteiger partial charge is 0.457 e. The maximum atomic E-state index is 10.8. The zero-order chi connectivity index (χ0) is 12.5. The molecule has 1 atom stereocenters. The van der Waals surface area contributed by atoms with Crippen LogP contribution in [-0.2, 0) is 11.2 Å². The number of rotatable bonds is 2. The van der Waals surface area contributed by atoms with Gasteiger partial charge in [-0.2, -0.15) is 0 Å². The molecule has 2 heteroatoms. The Balaban J connectivity index is 2.01. The first kappa shape index (κ1) is 11.0. The Bertz CT molecular complexity index is 602. The standard InChI is InChI=1S/C16H14O2/c1-11(10-17)12-6-7-16-14(8-12)9-13-4-2-3-5-15(13)18-16/h2-8,10-11H,9H2,1H3. The normalized spacial score (nSPS) is 14.1. The number of carbonyl (C=O) groups is 1. The van der Waals surface area contributed by atoms with Gasteiger partial charge in [0.05, 0.1) is 0 Å². The summed E-state index contributed by atoms with van der Waals surface area (Å²) in [5, 5.41) is 0. The Morgan fingerprint density at radius 3 is 2.72 bits per heavy atom. The van der Waals surface area contributed by atoms with Gasteiger partial charge in [0.15, 0.2) is 0 Å². The van der Waals surface area contributed by atoms with Gasteiger partial charge in [-0.05, 0) is 28.8 Å². The number of aldehydes is 1. The van der Waals surface area contributed by atoms with E-state index in [4.69, 9.17) is 4.74 Å². The number of fused-ring (bicyclic) bond motifs is 2. The lowest BCUT2D eigenvalue weighted by molar-refractivity contribution is -0.108. The number of benzene rings is 2. The van der Waals surface area contributed by atoms with Crippen molar-refractivity contribution in [2.45, 2.75) is 19.3 Å². The van der Waals surface area contributed by atoms with Crippen LogP contribution >= 0.6 is 0 Å². The van der Waals surface area contributed by atoms with Gasteiger partial charge in [0.25, 0.3) is 0 Å². The summed E-state index contributed by atoms with van der Waals surface area (Å²) in [6.07, 6.45) is 1.84. The molecule has 0 N–H and O–H groups in total. The summed E-state index contributed by atoms with van der Waals surface area (Å²) in [7, 11) is 0. The van der Waals surface area contributed by atoms with Gasteiger partial charge in [0.2, 0.25) is 0 Å². The van der Waals surface area contributed by atoms with Crippen molar-refractivity contribution >= 4 is 6.29 Å². The van der Waals surface area contributed by atoms with Gasteiger partial charge < -0.3 is 9.53 Å². The van der Waals surface area contributed by atoms with Crippen LogP contribution in [0.3, 0.4) is 0 Å². The minimum absolute atomic E-state index is 0.0625. The molecule has 0 saturated carbocycles. The Morgan fingerprint density at radius 1 is 1.11 bits per heavy atom. The monoisotopic (exact) mass is 238 g/mol. The first-order valence-electron chi connectivity index (χ1n) is 6.12. The molecular weight excluding hydrogens is 224 g/mol. The predicted octanol–water partition coefficient (Wildman–Crippen LogP) is 3.69. The van der Waals surface area contributed by atoms with E-state index in [0.717, 1.165) is 35.3 Å². The van der Waals surface area contributed by atoms with Crippen molar-refractivity contribution in [1.29, 1.82) is 0 Å². The first-order chi connectivity index (χ1) is 8.78. The third kappa shape index (κ3) is 1.80. The van der Waals surface area contributed by atoms with E-state index in [1.54, 1.807) is 0 Å². The van der Waals surface area contributed by atoms with E-state index in [0.29, 0.717) is 0 Å². The molecule has 2 nitrogen and oxygen atoms in total. The van der Waals surface area contributed by atoms with E-state index in [1.165, 1.54) is 5.56 Å². The number of hydrogen-bond donors (Lipinski definition) is 0. The van der Waals surface area contributed by atoms with E-state index in [9.17, 15) is 4.79 Å². The number of para-hydroxylation sites is 1. The summed E-state index contributed by atoms with van der Waals surface area (Å²) >= 11 is 0. The van der Waals surface area contributed by atoms with Gasteiger partial charge in [-0.3, -0.25) is 0 Å². The highest BCUT2D eigenvalue weighted by Crippen LogP contribution is 2.37. The van der Waals surface area contributed by atoms with Crippen molar-refractivity contribution in [3.63, 3.8) is 0 Å². The van der Waals surface area contributed by atoms with Crippen molar-refractivity contribution in [3.8, 4) is 11.5 Å². The smallest absolute Gasteiger partial charge is 0.130 e. The predicted molar refractivity (Wildman–Crippen MR) is 70.2 cm³/mol. The van der Waals surface area contributed by atoms with Gasteiger partial charge in [0, 0.05) is 12.3 Å². The molecular formula is C16H14O2. The van der Waals surface area contributed by atoms with Crippen LogP contribution in [0.5, 0.6) is 11.5 Å². The molecule has 0 bridgehead atoms.